The van der Waals surface area contributed by atoms with Crippen molar-refractivity contribution in [1.29, 1.82) is 0 Å². The minimum atomic E-state index is -0.390. The molecular weight excluding hydrogens is 402 g/mol. The zero-order valence-electron chi connectivity index (χ0n) is 18.6. The van der Waals surface area contributed by atoms with Gasteiger partial charge in [0.25, 0.3) is 0 Å². The van der Waals surface area contributed by atoms with Gasteiger partial charge >= 0.3 is 0 Å². The lowest BCUT2D eigenvalue weighted by atomic mass is 9.84. The molecule has 1 N–H and O–H groups in total. The number of carbonyl (C=O) groups excluding carboxylic acids is 2. The summed E-state index contributed by atoms with van der Waals surface area (Å²) >= 11 is 0. The van der Waals surface area contributed by atoms with Crippen LogP contribution in [0.2, 0.25) is 0 Å². The molecule has 1 fully saturated rings. The second-order valence-corrected chi connectivity index (χ2v) is 8.67. The van der Waals surface area contributed by atoms with Gasteiger partial charge in [-0.05, 0) is 42.9 Å². The third-order valence-corrected chi connectivity index (χ3v) is 6.52. The summed E-state index contributed by atoms with van der Waals surface area (Å²) in [5.41, 5.74) is 3.83. The number of hydrogen-bond acceptors (Lipinski definition) is 4. The molecule has 3 aromatic rings. The number of nitrogens with one attached hydrogen (secondary N) is 1. The molecule has 166 valence electrons. The Labute approximate surface area is 188 Å². The molecule has 2 atom stereocenters. The van der Waals surface area contributed by atoms with Crippen LogP contribution in [0.5, 0.6) is 0 Å². The molecule has 32 heavy (non-hydrogen) atoms. The second-order valence-electron chi connectivity index (χ2n) is 8.67. The van der Waals surface area contributed by atoms with Gasteiger partial charge in [-0.15, -0.1) is 0 Å². The van der Waals surface area contributed by atoms with Crippen molar-refractivity contribution in [2.45, 2.75) is 50.6 Å². The molecule has 2 heterocycles. The molecular formula is C26H29N3O3. The van der Waals surface area contributed by atoms with E-state index in [-0.39, 0.29) is 23.4 Å². The van der Waals surface area contributed by atoms with E-state index >= 15 is 0 Å². The van der Waals surface area contributed by atoms with Gasteiger partial charge in [-0.25, -0.2) is 0 Å². The van der Waals surface area contributed by atoms with Crippen LogP contribution in [-0.2, 0) is 16.0 Å². The normalized spacial score (nSPS) is 18.9. The minimum Gasteiger partial charge on any atom is -0.364 e. The average molecular weight is 432 g/mol. The maximum absolute atomic E-state index is 12.9. The number of nitrogens with zero attached hydrogens (tertiary/aromatic N) is 2. The predicted octanol–water partition coefficient (Wildman–Crippen LogP) is 4.53. The standard InChI is InChI=1S/C26H29N3O3/c1-19(23-14-17-32-28-23)29(2)25(31)13-16-26(15-12-24(30)27-26)18-20-8-10-22(11-9-20)21-6-4-3-5-7-21/h3-11,14,17,19H,12-13,15-16,18H2,1-2H3,(H,27,30). The highest BCUT2D eigenvalue weighted by Gasteiger charge is 2.38. The summed E-state index contributed by atoms with van der Waals surface area (Å²) in [5, 5.41) is 7.12. The zero-order valence-corrected chi connectivity index (χ0v) is 18.6. The quantitative estimate of drug-likeness (QED) is 0.568. The predicted molar refractivity (Wildman–Crippen MR) is 123 cm³/mol. The molecule has 1 saturated heterocycles. The van der Waals surface area contributed by atoms with Crippen LogP contribution in [0.3, 0.4) is 0 Å². The molecule has 1 aliphatic heterocycles. The fraction of sp³-hybridized carbons (Fsp3) is 0.346. The molecule has 0 bridgehead atoms. The molecule has 6 heteroatoms. The average Bonchev–Trinajstić information content (AvgIpc) is 3.48. The Kier molecular flexibility index (Phi) is 6.40. The highest BCUT2D eigenvalue weighted by atomic mass is 16.5. The van der Waals surface area contributed by atoms with Crippen molar-refractivity contribution >= 4 is 11.8 Å². The number of rotatable bonds is 8. The van der Waals surface area contributed by atoms with Crippen LogP contribution >= 0.6 is 0 Å². The molecule has 6 nitrogen and oxygen atoms in total. The van der Waals surface area contributed by atoms with Crippen molar-refractivity contribution in [3.63, 3.8) is 0 Å². The first-order valence-corrected chi connectivity index (χ1v) is 11.1. The fourth-order valence-corrected chi connectivity index (χ4v) is 4.39. The van der Waals surface area contributed by atoms with Gasteiger partial charge in [0, 0.05) is 31.5 Å². The first kappa shape index (κ1) is 21.8. The summed E-state index contributed by atoms with van der Waals surface area (Å²) < 4.78 is 4.90. The Morgan fingerprint density at radius 2 is 1.84 bits per heavy atom. The largest absolute Gasteiger partial charge is 0.364 e. The molecule has 1 aromatic heterocycles. The van der Waals surface area contributed by atoms with Gasteiger partial charge in [-0.3, -0.25) is 9.59 Å². The van der Waals surface area contributed by atoms with E-state index in [9.17, 15) is 9.59 Å². The van der Waals surface area contributed by atoms with Crippen molar-refractivity contribution < 1.29 is 14.1 Å². The lowest BCUT2D eigenvalue weighted by Crippen LogP contribution is -2.44. The summed E-state index contributed by atoms with van der Waals surface area (Å²) in [4.78, 5) is 26.7. The number of hydrogen-bond donors (Lipinski definition) is 1. The molecule has 0 spiro atoms. The topological polar surface area (TPSA) is 75.4 Å². The van der Waals surface area contributed by atoms with Crippen LogP contribution in [0.4, 0.5) is 0 Å². The van der Waals surface area contributed by atoms with Crippen molar-refractivity contribution in [2.24, 2.45) is 0 Å². The van der Waals surface area contributed by atoms with Crippen LogP contribution in [0.1, 0.15) is 49.9 Å². The molecule has 0 radical (unpaired) electrons. The van der Waals surface area contributed by atoms with E-state index in [0.29, 0.717) is 25.7 Å². The highest BCUT2D eigenvalue weighted by Crippen LogP contribution is 2.31. The Bertz CT molecular complexity index is 1050. The van der Waals surface area contributed by atoms with Crippen LogP contribution in [0.15, 0.2) is 71.4 Å². The van der Waals surface area contributed by atoms with E-state index in [2.05, 4.69) is 46.9 Å². The number of carbonyl (C=O) groups is 2. The van der Waals surface area contributed by atoms with Crippen LogP contribution < -0.4 is 5.32 Å². The summed E-state index contributed by atoms with van der Waals surface area (Å²) in [6.45, 7) is 1.93. The van der Waals surface area contributed by atoms with E-state index < -0.39 is 0 Å². The highest BCUT2D eigenvalue weighted by molar-refractivity contribution is 5.80. The second kappa shape index (κ2) is 9.39. The summed E-state index contributed by atoms with van der Waals surface area (Å²) in [6.07, 6.45) is 4.43. The van der Waals surface area contributed by atoms with E-state index in [1.165, 1.54) is 11.8 Å². The Hall–Kier alpha value is -3.41. The van der Waals surface area contributed by atoms with E-state index in [0.717, 1.165) is 23.2 Å². The van der Waals surface area contributed by atoms with Crippen molar-refractivity contribution in [2.75, 3.05) is 7.05 Å². The third kappa shape index (κ3) is 4.90. The van der Waals surface area contributed by atoms with Gasteiger partial charge in [0.15, 0.2) is 0 Å². The summed E-state index contributed by atoms with van der Waals surface area (Å²) in [5.74, 6) is 0.0862. The van der Waals surface area contributed by atoms with Crippen LogP contribution in [0, 0.1) is 0 Å². The van der Waals surface area contributed by atoms with Crippen molar-refractivity contribution in [1.82, 2.24) is 15.4 Å². The van der Waals surface area contributed by atoms with Gasteiger partial charge in [0.05, 0.1) is 6.04 Å². The molecule has 2 aromatic carbocycles. The van der Waals surface area contributed by atoms with Gasteiger partial charge in [-0.1, -0.05) is 59.8 Å². The Morgan fingerprint density at radius 3 is 2.47 bits per heavy atom. The van der Waals surface area contributed by atoms with E-state index in [1.807, 2.05) is 25.1 Å². The van der Waals surface area contributed by atoms with Crippen LogP contribution in [0.25, 0.3) is 11.1 Å². The van der Waals surface area contributed by atoms with E-state index in [4.69, 9.17) is 4.52 Å². The smallest absolute Gasteiger partial charge is 0.222 e. The van der Waals surface area contributed by atoms with Crippen molar-refractivity contribution in [3.8, 4) is 11.1 Å². The van der Waals surface area contributed by atoms with Gasteiger partial charge in [-0.2, -0.15) is 0 Å². The lowest BCUT2D eigenvalue weighted by Gasteiger charge is -2.31. The molecule has 2 amide bonds. The molecule has 4 rings (SSSR count). The van der Waals surface area contributed by atoms with Crippen LogP contribution in [-0.4, -0.2) is 34.5 Å². The van der Waals surface area contributed by atoms with Gasteiger partial charge in [0.2, 0.25) is 11.8 Å². The molecule has 0 aliphatic carbocycles. The summed E-state index contributed by atoms with van der Waals surface area (Å²) in [6, 6.07) is 20.3. The van der Waals surface area contributed by atoms with Crippen molar-refractivity contribution in [3.05, 3.63) is 78.2 Å². The number of benzene rings is 2. The number of aromatic nitrogens is 1. The monoisotopic (exact) mass is 431 g/mol. The maximum Gasteiger partial charge on any atom is 0.222 e. The lowest BCUT2D eigenvalue weighted by molar-refractivity contribution is -0.132. The first-order chi connectivity index (χ1) is 15.5. The maximum atomic E-state index is 12.9. The summed E-state index contributed by atoms with van der Waals surface area (Å²) in [7, 11) is 1.78. The third-order valence-electron chi connectivity index (χ3n) is 6.52. The van der Waals surface area contributed by atoms with Gasteiger partial charge < -0.3 is 14.7 Å². The molecule has 2 unspecified atom stereocenters. The van der Waals surface area contributed by atoms with E-state index in [1.54, 1.807) is 18.0 Å². The first-order valence-electron chi connectivity index (χ1n) is 11.1. The van der Waals surface area contributed by atoms with Gasteiger partial charge in [0.1, 0.15) is 12.0 Å². The Balaban J connectivity index is 1.42. The Morgan fingerprint density at radius 1 is 1.12 bits per heavy atom. The zero-order chi connectivity index (χ0) is 22.6. The SMILES string of the molecule is CC(c1ccon1)N(C)C(=O)CCC1(Cc2ccc(-c3ccccc3)cc2)CCC(=O)N1. The fourth-order valence-electron chi connectivity index (χ4n) is 4.39. The molecule has 1 aliphatic rings. The minimum absolute atomic E-state index is 0.0282. The molecule has 0 saturated carbocycles. The number of amides is 2.